The van der Waals surface area contributed by atoms with Gasteiger partial charge in [0.15, 0.2) is 17.4 Å². The van der Waals surface area contributed by atoms with E-state index in [-0.39, 0.29) is 48.2 Å². The lowest BCUT2D eigenvalue weighted by Crippen LogP contribution is -2.22. The smallest absolute Gasteiger partial charge is 0.187 e. The van der Waals surface area contributed by atoms with E-state index in [9.17, 15) is 5.11 Å². The average Bonchev–Trinajstić information content (AvgIpc) is 2.18. The summed E-state index contributed by atoms with van der Waals surface area (Å²) in [4.78, 5) is 0. The first-order valence-electron chi connectivity index (χ1n) is 6.87. The molecule has 2 unspecified atom stereocenters. The second-order valence-electron chi connectivity index (χ2n) is 4.89. The summed E-state index contributed by atoms with van der Waals surface area (Å²) in [5.74, 6) is 0.0833. The lowest BCUT2D eigenvalue weighted by atomic mass is 9.97. The van der Waals surface area contributed by atoms with Gasteiger partial charge in [0, 0.05) is 24.7 Å². The molecule has 0 aliphatic carbocycles. The van der Waals surface area contributed by atoms with Crippen molar-refractivity contribution in [1.82, 2.24) is 0 Å². The van der Waals surface area contributed by atoms with Crippen molar-refractivity contribution < 1.29 is 20.4 Å². The van der Waals surface area contributed by atoms with Gasteiger partial charge in [0.05, 0.1) is 6.10 Å². The molecule has 0 heterocycles. The zero-order valence-electron chi connectivity index (χ0n) is 12.9. The molecule has 0 aromatic rings. The number of hydrogen-bond donors (Lipinski definition) is 4. The molecule has 19 heavy (non-hydrogen) atoms. The fourth-order valence-corrected chi connectivity index (χ4v) is 1.05. The van der Waals surface area contributed by atoms with Gasteiger partial charge in [-0.15, -0.1) is 0 Å². The molecule has 0 rings (SSSR count). The van der Waals surface area contributed by atoms with Gasteiger partial charge in [0.25, 0.3) is 0 Å². The van der Waals surface area contributed by atoms with Gasteiger partial charge < -0.3 is 20.4 Å². The van der Waals surface area contributed by atoms with Gasteiger partial charge in [0.2, 0.25) is 0 Å². The van der Waals surface area contributed by atoms with E-state index >= 15 is 0 Å². The van der Waals surface area contributed by atoms with E-state index in [0.29, 0.717) is 0 Å². The summed E-state index contributed by atoms with van der Waals surface area (Å²) in [7, 11) is 0. The Kier molecular flexibility index (Phi) is 30.1. The summed E-state index contributed by atoms with van der Waals surface area (Å²) in [5, 5.41) is 34.2. The van der Waals surface area contributed by atoms with Crippen molar-refractivity contribution in [2.24, 2.45) is 5.92 Å². The first-order chi connectivity index (χ1) is 8.22. The summed E-state index contributed by atoms with van der Waals surface area (Å²) in [5.41, 5.74) is 0. The Balaban J connectivity index is -0.000000105. The number of aliphatic hydroxyl groups excluding tert-OH is 4. The molecule has 0 fully saturated rings. The Morgan fingerprint density at radius 2 is 1.16 bits per heavy atom. The largest absolute Gasteiger partial charge is 0.396 e. The van der Waals surface area contributed by atoms with Gasteiger partial charge in [-0.25, -0.2) is 0 Å². The molecular formula is C14H37AlO4. The summed E-state index contributed by atoms with van der Waals surface area (Å²) >= 11 is 0. The highest BCUT2D eigenvalue weighted by atomic mass is 27.0. The van der Waals surface area contributed by atoms with E-state index in [1.165, 1.54) is 0 Å². The first-order valence-corrected chi connectivity index (χ1v) is 6.87. The van der Waals surface area contributed by atoms with Crippen LogP contribution in [0.5, 0.6) is 0 Å². The third kappa shape index (κ3) is 38.1. The Bertz CT molecular complexity index is 128. The standard InChI is InChI=1S/C8H18O2.2C3H8O.Al.3H/c1-3-5-8(10)7(4-2)6-9;2*1-3(2)4;;;;/h7-10H,3-6H2,1-2H3;2*3-4H,1-2H3;;;;. The maximum atomic E-state index is 9.35. The van der Waals surface area contributed by atoms with Gasteiger partial charge in [0.1, 0.15) is 0 Å². The minimum Gasteiger partial charge on any atom is -0.396 e. The molecule has 0 aliphatic rings. The average molecular weight is 296 g/mol. The summed E-state index contributed by atoms with van der Waals surface area (Å²) in [6.45, 7) is 11.0. The lowest BCUT2D eigenvalue weighted by Gasteiger charge is -2.17. The molecule has 4 nitrogen and oxygen atoms in total. The molecule has 0 radical (unpaired) electrons. The molecule has 0 aromatic heterocycles. The third-order valence-corrected chi connectivity index (χ3v) is 1.89. The topological polar surface area (TPSA) is 80.9 Å². The molecule has 0 bridgehead atoms. The van der Waals surface area contributed by atoms with Crippen molar-refractivity contribution in [2.45, 2.75) is 79.1 Å². The molecular weight excluding hydrogens is 259 g/mol. The highest BCUT2D eigenvalue weighted by molar-refractivity contribution is 5.75. The molecule has 4 N–H and O–H groups in total. The van der Waals surface area contributed by atoms with Gasteiger partial charge in [-0.3, -0.25) is 0 Å². The van der Waals surface area contributed by atoms with Crippen LogP contribution in [-0.4, -0.2) is 62.7 Å². The predicted molar refractivity (Wildman–Crippen MR) is 86.4 cm³/mol. The first kappa shape index (κ1) is 27.7. The van der Waals surface area contributed by atoms with Crippen LogP contribution in [-0.2, 0) is 0 Å². The van der Waals surface area contributed by atoms with Gasteiger partial charge in [-0.05, 0) is 40.5 Å². The Morgan fingerprint density at radius 3 is 1.32 bits per heavy atom. The van der Waals surface area contributed by atoms with Crippen molar-refractivity contribution >= 4 is 17.4 Å². The van der Waals surface area contributed by atoms with Crippen molar-refractivity contribution in [3.05, 3.63) is 0 Å². The highest BCUT2D eigenvalue weighted by Gasteiger charge is 2.14. The van der Waals surface area contributed by atoms with Crippen LogP contribution < -0.4 is 0 Å². The Hall–Kier alpha value is 0.372. The lowest BCUT2D eigenvalue weighted by molar-refractivity contribution is 0.0584. The van der Waals surface area contributed by atoms with Crippen molar-refractivity contribution in [1.29, 1.82) is 0 Å². The normalized spacial score (nSPS) is 12.6. The van der Waals surface area contributed by atoms with Crippen LogP contribution >= 0.6 is 0 Å². The molecule has 0 saturated carbocycles. The second-order valence-corrected chi connectivity index (χ2v) is 4.89. The maximum Gasteiger partial charge on any atom is 0.187 e. The van der Waals surface area contributed by atoms with Gasteiger partial charge in [-0.2, -0.15) is 0 Å². The van der Waals surface area contributed by atoms with Crippen molar-refractivity contribution in [2.75, 3.05) is 6.61 Å². The van der Waals surface area contributed by atoms with Crippen LogP contribution in [0.2, 0.25) is 0 Å². The molecule has 0 aliphatic heterocycles. The zero-order valence-corrected chi connectivity index (χ0v) is 12.9. The molecule has 0 saturated heterocycles. The molecule has 5 heteroatoms. The SMILES string of the molecule is CC(C)O.CC(C)O.CCCC(O)C(CC)CO.[AlH3]. The highest BCUT2D eigenvalue weighted by Crippen LogP contribution is 2.11. The second kappa shape index (κ2) is 20.7. The summed E-state index contributed by atoms with van der Waals surface area (Å²) in [6, 6.07) is 0. The monoisotopic (exact) mass is 296 g/mol. The quantitative estimate of drug-likeness (QED) is 0.565. The van der Waals surface area contributed by atoms with Crippen LogP contribution in [0.15, 0.2) is 0 Å². The van der Waals surface area contributed by atoms with Crippen LogP contribution in [0.4, 0.5) is 0 Å². The molecule has 0 spiro atoms. The summed E-state index contributed by atoms with van der Waals surface area (Å²) < 4.78 is 0. The maximum absolute atomic E-state index is 9.35. The predicted octanol–water partition coefficient (Wildman–Crippen LogP) is 0.756. The van der Waals surface area contributed by atoms with Crippen LogP contribution in [0, 0.1) is 5.92 Å². The number of aliphatic hydroxyl groups is 4. The van der Waals surface area contributed by atoms with E-state index < -0.39 is 0 Å². The van der Waals surface area contributed by atoms with Gasteiger partial charge in [-0.1, -0.05) is 20.3 Å². The van der Waals surface area contributed by atoms with E-state index in [4.69, 9.17) is 15.3 Å². The molecule has 0 amide bonds. The fourth-order valence-electron chi connectivity index (χ4n) is 1.05. The van der Waals surface area contributed by atoms with Crippen LogP contribution in [0.3, 0.4) is 0 Å². The van der Waals surface area contributed by atoms with Crippen LogP contribution in [0.25, 0.3) is 0 Å². The van der Waals surface area contributed by atoms with E-state index in [2.05, 4.69) is 0 Å². The van der Waals surface area contributed by atoms with E-state index in [1.807, 2.05) is 13.8 Å². The zero-order chi connectivity index (χ0) is 15.1. The van der Waals surface area contributed by atoms with Gasteiger partial charge >= 0.3 is 0 Å². The van der Waals surface area contributed by atoms with E-state index in [0.717, 1.165) is 19.3 Å². The minimum absolute atomic E-state index is 0. The van der Waals surface area contributed by atoms with Crippen molar-refractivity contribution in [3.63, 3.8) is 0 Å². The minimum atomic E-state index is -0.306. The third-order valence-electron chi connectivity index (χ3n) is 1.89. The van der Waals surface area contributed by atoms with Crippen molar-refractivity contribution in [3.8, 4) is 0 Å². The molecule has 120 valence electrons. The Morgan fingerprint density at radius 1 is 0.842 bits per heavy atom. The van der Waals surface area contributed by atoms with E-state index in [1.54, 1.807) is 27.7 Å². The number of rotatable bonds is 5. The molecule has 0 aromatic carbocycles. The Labute approximate surface area is 130 Å². The fraction of sp³-hybridized carbons (Fsp3) is 1.00. The molecule has 2 atom stereocenters. The summed E-state index contributed by atoms with van der Waals surface area (Å²) in [6.07, 6.45) is 2.01. The van der Waals surface area contributed by atoms with Crippen LogP contribution in [0.1, 0.15) is 60.8 Å². The number of hydrogen-bond acceptors (Lipinski definition) is 4.